The van der Waals surface area contributed by atoms with Gasteiger partial charge in [0.05, 0.1) is 17.6 Å². The van der Waals surface area contributed by atoms with Crippen molar-refractivity contribution >= 4 is 17.1 Å². The molecule has 3 rings (SSSR count). The van der Waals surface area contributed by atoms with Crippen molar-refractivity contribution in [3.63, 3.8) is 0 Å². The minimum absolute atomic E-state index is 0.0181. The summed E-state index contributed by atoms with van der Waals surface area (Å²) in [7, 11) is 0. The fourth-order valence-corrected chi connectivity index (χ4v) is 3.17. The van der Waals surface area contributed by atoms with Gasteiger partial charge >= 0.3 is 6.09 Å². The van der Waals surface area contributed by atoms with Crippen LogP contribution >= 0.6 is 0 Å². The van der Waals surface area contributed by atoms with Gasteiger partial charge in [-0.25, -0.2) is 9.78 Å². The largest absolute Gasteiger partial charge is 0.444 e. The first-order valence-corrected chi connectivity index (χ1v) is 10.1. The van der Waals surface area contributed by atoms with E-state index in [0.29, 0.717) is 6.54 Å². The summed E-state index contributed by atoms with van der Waals surface area (Å²) >= 11 is 0. The lowest BCUT2D eigenvalue weighted by atomic mass is 10.0. The number of amides is 1. The highest BCUT2D eigenvalue weighted by Crippen LogP contribution is 2.11. The lowest BCUT2D eigenvalue weighted by Crippen LogP contribution is -2.41. The van der Waals surface area contributed by atoms with Crippen LogP contribution in [0.4, 0.5) is 4.79 Å². The van der Waals surface area contributed by atoms with Gasteiger partial charge in [-0.15, -0.1) is 0 Å². The van der Waals surface area contributed by atoms with E-state index < -0.39 is 5.60 Å². The fourth-order valence-electron chi connectivity index (χ4n) is 3.17. The standard InChI is InChI=1S/C23H30N4O2/c1-23(2,3)29-22(28)25-18(15-17-9-5-4-6-10-17)13-14-24-16-21-26-19-11-7-8-12-20(19)27-21/h4-12,18,24H,13-16H2,1-3H3,(H,25,28)(H,26,27)/t18-/m1/s1. The number of alkyl carbamates (subject to hydrolysis) is 1. The molecule has 0 aliphatic carbocycles. The Morgan fingerprint density at radius 2 is 1.83 bits per heavy atom. The van der Waals surface area contributed by atoms with E-state index in [1.165, 1.54) is 5.56 Å². The zero-order valence-electron chi connectivity index (χ0n) is 17.4. The van der Waals surface area contributed by atoms with Gasteiger partial charge < -0.3 is 20.4 Å². The third kappa shape index (κ3) is 6.91. The molecule has 0 fully saturated rings. The zero-order chi connectivity index (χ0) is 20.7. The number of hydrogen-bond acceptors (Lipinski definition) is 4. The zero-order valence-corrected chi connectivity index (χ0v) is 17.4. The highest BCUT2D eigenvalue weighted by Gasteiger charge is 2.19. The van der Waals surface area contributed by atoms with E-state index in [0.717, 1.165) is 36.2 Å². The summed E-state index contributed by atoms with van der Waals surface area (Å²) < 4.78 is 5.43. The van der Waals surface area contributed by atoms with E-state index in [-0.39, 0.29) is 12.1 Å². The molecule has 1 atom stereocenters. The second-order valence-corrected chi connectivity index (χ2v) is 8.20. The van der Waals surface area contributed by atoms with Gasteiger partial charge in [0.15, 0.2) is 0 Å². The van der Waals surface area contributed by atoms with Crippen molar-refractivity contribution in [3.8, 4) is 0 Å². The molecule has 154 valence electrons. The van der Waals surface area contributed by atoms with Gasteiger partial charge in [0.2, 0.25) is 0 Å². The first-order chi connectivity index (χ1) is 13.9. The molecule has 29 heavy (non-hydrogen) atoms. The Kier molecular flexibility index (Phi) is 6.88. The van der Waals surface area contributed by atoms with Crippen molar-refractivity contribution in [3.05, 3.63) is 66.0 Å². The molecular weight excluding hydrogens is 364 g/mol. The third-order valence-corrected chi connectivity index (χ3v) is 4.45. The van der Waals surface area contributed by atoms with Gasteiger partial charge in [-0.3, -0.25) is 0 Å². The Morgan fingerprint density at radius 3 is 2.55 bits per heavy atom. The van der Waals surface area contributed by atoms with E-state index in [4.69, 9.17) is 4.74 Å². The Hall–Kier alpha value is -2.86. The van der Waals surface area contributed by atoms with Crippen molar-refractivity contribution in [2.75, 3.05) is 6.54 Å². The summed E-state index contributed by atoms with van der Waals surface area (Å²) in [5.41, 5.74) is 2.68. The molecule has 0 aliphatic rings. The van der Waals surface area contributed by atoms with E-state index >= 15 is 0 Å². The average Bonchev–Trinajstić information content (AvgIpc) is 3.07. The smallest absolute Gasteiger partial charge is 0.407 e. The minimum atomic E-state index is -0.513. The number of benzene rings is 2. The minimum Gasteiger partial charge on any atom is -0.444 e. The second-order valence-electron chi connectivity index (χ2n) is 8.20. The van der Waals surface area contributed by atoms with E-state index in [1.807, 2.05) is 63.2 Å². The van der Waals surface area contributed by atoms with Gasteiger partial charge in [-0.2, -0.15) is 0 Å². The molecule has 1 amide bonds. The maximum atomic E-state index is 12.2. The topological polar surface area (TPSA) is 79.0 Å². The number of aromatic amines is 1. The highest BCUT2D eigenvalue weighted by molar-refractivity contribution is 5.74. The molecule has 0 aliphatic heterocycles. The van der Waals surface area contributed by atoms with Crippen LogP contribution in [-0.2, 0) is 17.7 Å². The number of hydrogen-bond donors (Lipinski definition) is 3. The summed E-state index contributed by atoms with van der Waals surface area (Å²) in [6.45, 7) is 7.01. The van der Waals surface area contributed by atoms with Crippen LogP contribution in [0.5, 0.6) is 0 Å². The van der Waals surface area contributed by atoms with Crippen LogP contribution < -0.4 is 10.6 Å². The summed E-state index contributed by atoms with van der Waals surface area (Å²) in [6.07, 6.45) is 1.16. The van der Waals surface area contributed by atoms with Gasteiger partial charge in [0, 0.05) is 6.04 Å². The molecular formula is C23H30N4O2. The van der Waals surface area contributed by atoms with Crippen molar-refractivity contribution in [1.82, 2.24) is 20.6 Å². The number of aromatic nitrogens is 2. The van der Waals surface area contributed by atoms with Gasteiger partial charge in [-0.05, 0) is 57.9 Å². The summed E-state index contributed by atoms with van der Waals surface area (Å²) in [5, 5.41) is 6.43. The molecule has 0 radical (unpaired) electrons. The summed E-state index contributed by atoms with van der Waals surface area (Å²) in [4.78, 5) is 20.1. The van der Waals surface area contributed by atoms with Crippen LogP contribution in [0.3, 0.4) is 0 Å². The van der Waals surface area contributed by atoms with Gasteiger partial charge in [0.25, 0.3) is 0 Å². The number of fused-ring (bicyclic) bond motifs is 1. The predicted molar refractivity (Wildman–Crippen MR) is 116 cm³/mol. The lowest BCUT2D eigenvalue weighted by molar-refractivity contribution is 0.0502. The number of nitrogens with one attached hydrogen (secondary N) is 3. The van der Waals surface area contributed by atoms with Crippen LogP contribution in [0, 0.1) is 0 Å². The molecule has 3 aromatic rings. The second kappa shape index (κ2) is 9.56. The van der Waals surface area contributed by atoms with Crippen LogP contribution in [-0.4, -0.2) is 34.2 Å². The van der Waals surface area contributed by atoms with E-state index in [1.54, 1.807) is 0 Å². The monoisotopic (exact) mass is 394 g/mol. The molecule has 3 N–H and O–H groups in total. The number of carbonyl (C=O) groups is 1. The molecule has 6 heteroatoms. The molecule has 1 heterocycles. The number of carbonyl (C=O) groups excluding carboxylic acids is 1. The van der Waals surface area contributed by atoms with Gasteiger partial charge in [0.1, 0.15) is 11.4 Å². The Labute approximate surface area is 172 Å². The SMILES string of the molecule is CC(C)(C)OC(=O)N[C@H](CCNCc1nc2ccccc2[nH]1)Cc1ccccc1. The Morgan fingerprint density at radius 1 is 1.10 bits per heavy atom. The summed E-state index contributed by atoms with van der Waals surface area (Å²) in [6, 6.07) is 18.1. The molecule has 0 unspecified atom stereocenters. The maximum absolute atomic E-state index is 12.2. The predicted octanol–water partition coefficient (Wildman–Crippen LogP) is 4.18. The normalized spacial score (nSPS) is 12.7. The van der Waals surface area contributed by atoms with Crippen molar-refractivity contribution in [2.24, 2.45) is 0 Å². The molecule has 0 spiro atoms. The van der Waals surface area contributed by atoms with Crippen molar-refractivity contribution in [1.29, 1.82) is 0 Å². The number of imidazole rings is 1. The van der Waals surface area contributed by atoms with Crippen LogP contribution in [0.1, 0.15) is 38.6 Å². The fraction of sp³-hybridized carbons (Fsp3) is 0.391. The molecule has 6 nitrogen and oxygen atoms in total. The molecule has 0 saturated carbocycles. The maximum Gasteiger partial charge on any atom is 0.407 e. The number of ether oxygens (including phenoxy) is 1. The lowest BCUT2D eigenvalue weighted by Gasteiger charge is -2.24. The first-order valence-electron chi connectivity index (χ1n) is 10.1. The van der Waals surface area contributed by atoms with Crippen LogP contribution in [0.15, 0.2) is 54.6 Å². The quantitative estimate of drug-likeness (QED) is 0.501. The number of rotatable bonds is 8. The Bertz CT molecular complexity index is 882. The van der Waals surface area contributed by atoms with Gasteiger partial charge in [-0.1, -0.05) is 42.5 Å². The number of para-hydroxylation sites is 2. The number of nitrogens with zero attached hydrogens (tertiary/aromatic N) is 1. The third-order valence-electron chi connectivity index (χ3n) is 4.45. The van der Waals surface area contributed by atoms with E-state index in [9.17, 15) is 4.79 Å². The highest BCUT2D eigenvalue weighted by atomic mass is 16.6. The van der Waals surface area contributed by atoms with Crippen LogP contribution in [0.2, 0.25) is 0 Å². The summed E-state index contributed by atoms with van der Waals surface area (Å²) in [5.74, 6) is 0.908. The van der Waals surface area contributed by atoms with Crippen LogP contribution in [0.25, 0.3) is 11.0 Å². The molecule has 1 aromatic heterocycles. The molecule has 0 bridgehead atoms. The van der Waals surface area contributed by atoms with Crippen molar-refractivity contribution < 1.29 is 9.53 Å². The Balaban J connectivity index is 1.53. The number of H-pyrrole nitrogens is 1. The first kappa shape index (κ1) is 20.9. The molecule has 0 saturated heterocycles. The van der Waals surface area contributed by atoms with E-state index in [2.05, 4.69) is 32.7 Å². The van der Waals surface area contributed by atoms with Crippen molar-refractivity contribution in [2.45, 2.75) is 51.8 Å². The molecule has 2 aromatic carbocycles. The average molecular weight is 395 g/mol.